The van der Waals surface area contributed by atoms with Crippen LogP contribution in [0.25, 0.3) is 0 Å². The molecule has 0 unspecified atom stereocenters. The second kappa shape index (κ2) is 7.12. The van der Waals surface area contributed by atoms with Gasteiger partial charge >= 0.3 is 0 Å². The lowest BCUT2D eigenvalue weighted by atomic mass is 9.93. The summed E-state index contributed by atoms with van der Waals surface area (Å²) in [5.74, 6) is 0.177. The Labute approximate surface area is 158 Å². The predicted octanol–water partition coefficient (Wildman–Crippen LogP) is 2.97. The van der Waals surface area contributed by atoms with E-state index in [4.69, 9.17) is 0 Å². The number of hydrogen-bond donors (Lipinski definition) is 0. The van der Waals surface area contributed by atoms with Gasteiger partial charge in [-0.2, -0.15) is 0 Å². The molecule has 140 valence electrons. The van der Waals surface area contributed by atoms with E-state index in [9.17, 15) is 14.9 Å². The lowest BCUT2D eigenvalue weighted by molar-refractivity contribution is -0.384. The highest BCUT2D eigenvalue weighted by atomic mass is 16.6. The van der Waals surface area contributed by atoms with Crippen molar-refractivity contribution in [1.82, 2.24) is 9.80 Å². The molecule has 6 heteroatoms. The van der Waals surface area contributed by atoms with Gasteiger partial charge in [0.05, 0.1) is 10.3 Å². The van der Waals surface area contributed by atoms with Gasteiger partial charge < -0.3 is 4.90 Å². The van der Waals surface area contributed by atoms with E-state index in [-0.39, 0.29) is 11.6 Å². The highest BCUT2D eigenvalue weighted by molar-refractivity contribution is 5.91. The Bertz CT molecular complexity index is 824. The first-order valence-electron chi connectivity index (χ1n) is 9.39. The largest absolute Gasteiger partial charge is 0.339 e. The van der Waals surface area contributed by atoms with Gasteiger partial charge in [-0.15, -0.1) is 0 Å². The van der Waals surface area contributed by atoms with Crippen LogP contribution in [0.5, 0.6) is 0 Å². The molecule has 1 aliphatic heterocycles. The van der Waals surface area contributed by atoms with Crippen LogP contribution in [0.1, 0.15) is 24.0 Å². The Hall–Kier alpha value is -2.73. The Morgan fingerprint density at radius 1 is 0.963 bits per heavy atom. The minimum absolute atomic E-state index is 0.0662. The molecular formula is C21H23N3O3. The first-order valence-corrected chi connectivity index (χ1v) is 9.39. The number of benzene rings is 2. The molecule has 0 spiro atoms. The quantitative estimate of drug-likeness (QED) is 0.603. The van der Waals surface area contributed by atoms with Crippen molar-refractivity contribution in [3.8, 4) is 0 Å². The van der Waals surface area contributed by atoms with E-state index in [1.54, 1.807) is 12.1 Å². The smallest absolute Gasteiger partial charge is 0.269 e. The molecule has 2 aliphatic rings. The molecule has 0 aromatic heterocycles. The highest BCUT2D eigenvalue weighted by Crippen LogP contribution is 2.50. The molecule has 1 saturated carbocycles. The Morgan fingerprint density at radius 2 is 1.59 bits per heavy atom. The fourth-order valence-corrected chi connectivity index (χ4v) is 3.91. The Balaban J connectivity index is 1.38. The number of piperazine rings is 1. The summed E-state index contributed by atoms with van der Waals surface area (Å²) in [5, 5.41) is 10.8. The first kappa shape index (κ1) is 17.7. The molecule has 6 nitrogen and oxygen atoms in total. The zero-order chi connectivity index (χ0) is 18.9. The van der Waals surface area contributed by atoms with Gasteiger partial charge in [-0.3, -0.25) is 19.8 Å². The van der Waals surface area contributed by atoms with Crippen molar-refractivity contribution in [2.24, 2.45) is 0 Å². The van der Waals surface area contributed by atoms with Crippen LogP contribution < -0.4 is 0 Å². The van der Waals surface area contributed by atoms with Crippen molar-refractivity contribution >= 4 is 11.6 Å². The molecular weight excluding hydrogens is 342 g/mol. The zero-order valence-corrected chi connectivity index (χ0v) is 15.2. The van der Waals surface area contributed by atoms with Crippen LogP contribution in [-0.4, -0.2) is 46.8 Å². The van der Waals surface area contributed by atoms with E-state index in [1.165, 1.54) is 17.7 Å². The SMILES string of the molecule is O=C(N1CCN(Cc2ccccc2)CC1)C1(c2ccc([N+](=O)[O-])cc2)CC1. The Morgan fingerprint density at radius 3 is 2.15 bits per heavy atom. The lowest BCUT2D eigenvalue weighted by Gasteiger charge is -2.36. The molecule has 2 fully saturated rings. The summed E-state index contributed by atoms with van der Waals surface area (Å²) in [5.41, 5.74) is 1.81. The molecule has 1 amide bonds. The third-order valence-corrected chi connectivity index (χ3v) is 5.70. The summed E-state index contributed by atoms with van der Waals surface area (Å²) >= 11 is 0. The van der Waals surface area contributed by atoms with Crippen molar-refractivity contribution < 1.29 is 9.72 Å². The number of hydrogen-bond acceptors (Lipinski definition) is 4. The van der Waals surface area contributed by atoms with Crippen molar-refractivity contribution in [2.45, 2.75) is 24.8 Å². The minimum Gasteiger partial charge on any atom is -0.339 e. The highest BCUT2D eigenvalue weighted by Gasteiger charge is 2.53. The van der Waals surface area contributed by atoms with Gasteiger partial charge in [-0.05, 0) is 24.0 Å². The molecule has 27 heavy (non-hydrogen) atoms. The fraction of sp³-hybridized carbons (Fsp3) is 0.381. The summed E-state index contributed by atoms with van der Waals surface area (Å²) in [6.45, 7) is 4.13. The monoisotopic (exact) mass is 365 g/mol. The van der Waals surface area contributed by atoms with Gasteiger partial charge in [0.2, 0.25) is 5.91 Å². The fourth-order valence-electron chi connectivity index (χ4n) is 3.91. The van der Waals surface area contributed by atoms with Crippen LogP contribution in [0.15, 0.2) is 54.6 Å². The third kappa shape index (κ3) is 3.57. The molecule has 0 N–H and O–H groups in total. The predicted molar refractivity (Wildman–Crippen MR) is 102 cm³/mol. The maximum absolute atomic E-state index is 13.1. The minimum atomic E-state index is -0.462. The van der Waals surface area contributed by atoms with Crippen molar-refractivity contribution in [2.75, 3.05) is 26.2 Å². The summed E-state index contributed by atoms with van der Waals surface area (Å²) in [6.07, 6.45) is 1.65. The molecule has 0 radical (unpaired) electrons. The third-order valence-electron chi connectivity index (χ3n) is 5.70. The second-order valence-electron chi connectivity index (χ2n) is 7.44. The molecule has 0 atom stereocenters. The van der Waals surface area contributed by atoms with E-state index in [2.05, 4.69) is 29.2 Å². The molecule has 2 aromatic carbocycles. The summed E-state index contributed by atoms with van der Waals surface area (Å²) in [6, 6.07) is 16.9. The molecule has 2 aromatic rings. The van der Waals surface area contributed by atoms with Crippen molar-refractivity contribution in [3.05, 3.63) is 75.8 Å². The maximum atomic E-state index is 13.1. The van der Waals surface area contributed by atoms with Crippen LogP contribution in [0.2, 0.25) is 0 Å². The standard InChI is InChI=1S/C21H23N3O3/c25-20(21(10-11-21)18-6-8-19(9-7-18)24(26)27)23-14-12-22(13-15-23)16-17-4-2-1-3-5-17/h1-9H,10-16H2. The number of nitro groups is 1. The summed E-state index contributed by atoms with van der Waals surface area (Å²) in [4.78, 5) is 27.9. The number of carbonyl (C=O) groups excluding carboxylic acids is 1. The van der Waals surface area contributed by atoms with Crippen molar-refractivity contribution in [1.29, 1.82) is 0 Å². The number of rotatable bonds is 5. The normalized spacial score (nSPS) is 18.9. The van der Waals surface area contributed by atoms with Crippen molar-refractivity contribution in [3.63, 3.8) is 0 Å². The van der Waals surface area contributed by atoms with E-state index >= 15 is 0 Å². The molecule has 0 bridgehead atoms. The van der Waals surface area contributed by atoms with Crippen LogP contribution in [0, 0.1) is 10.1 Å². The van der Waals surface area contributed by atoms with Gasteiger partial charge in [-0.1, -0.05) is 42.5 Å². The average molecular weight is 365 g/mol. The average Bonchev–Trinajstić information content (AvgIpc) is 3.51. The number of amides is 1. The summed E-state index contributed by atoms with van der Waals surface area (Å²) in [7, 11) is 0. The number of nitrogens with zero attached hydrogens (tertiary/aromatic N) is 3. The lowest BCUT2D eigenvalue weighted by Crippen LogP contribution is -2.51. The molecule has 1 heterocycles. The zero-order valence-electron chi connectivity index (χ0n) is 15.2. The van der Waals surface area contributed by atoms with Crippen LogP contribution in [-0.2, 0) is 16.8 Å². The number of nitro benzene ring substituents is 1. The maximum Gasteiger partial charge on any atom is 0.269 e. The number of carbonyl (C=O) groups is 1. The van der Waals surface area contributed by atoms with E-state index in [0.29, 0.717) is 0 Å². The molecule has 1 aliphatic carbocycles. The molecule has 4 rings (SSSR count). The van der Waals surface area contributed by atoms with E-state index in [1.807, 2.05) is 11.0 Å². The topological polar surface area (TPSA) is 66.7 Å². The van der Waals surface area contributed by atoms with Gasteiger partial charge in [0.25, 0.3) is 5.69 Å². The first-order chi connectivity index (χ1) is 13.1. The van der Waals surface area contributed by atoms with Gasteiger partial charge in [0, 0.05) is 44.9 Å². The Kier molecular flexibility index (Phi) is 4.66. The van der Waals surface area contributed by atoms with E-state index in [0.717, 1.165) is 51.1 Å². The molecule has 1 saturated heterocycles. The summed E-state index contributed by atoms with van der Waals surface area (Å²) < 4.78 is 0. The van der Waals surface area contributed by atoms with E-state index < -0.39 is 10.3 Å². The van der Waals surface area contributed by atoms with Crippen LogP contribution >= 0.6 is 0 Å². The van der Waals surface area contributed by atoms with Crippen LogP contribution in [0.3, 0.4) is 0 Å². The second-order valence-corrected chi connectivity index (χ2v) is 7.44. The van der Waals surface area contributed by atoms with Crippen LogP contribution in [0.4, 0.5) is 5.69 Å². The number of non-ortho nitro benzene ring substituents is 1. The van der Waals surface area contributed by atoms with Gasteiger partial charge in [0.1, 0.15) is 0 Å². The van der Waals surface area contributed by atoms with Gasteiger partial charge in [-0.25, -0.2) is 0 Å². The van der Waals surface area contributed by atoms with Gasteiger partial charge in [0.15, 0.2) is 0 Å².